The van der Waals surface area contributed by atoms with E-state index in [0.717, 1.165) is 16.8 Å². The van der Waals surface area contributed by atoms with Gasteiger partial charge in [0.2, 0.25) is 6.54 Å². The molecule has 0 N–H and O–H groups in total. The van der Waals surface area contributed by atoms with Gasteiger partial charge in [-0.3, -0.25) is 14.7 Å². The first-order valence-corrected chi connectivity index (χ1v) is 11.1. The normalized spacial score (nSPS) is 11.7. The summed E-state index contributed by atoms with van der Waals surface area (Å²) >= 11 is 1.30. The zero-order valence-corrected chi connectivity index (χ0v) is 19.2. The number of aryl methyl sites for hydroxylation is 2. The summed E-state index contributed by atoms with van der Waals surface area (Å²) in [4.78, 5) is 11.2. The Morgan fingerprint density at radius 3 is 2.56 bits per heavy atom. The van der Waals surface area contributed by atoms with Gasteiger partial charge in [0, 0.05) is 10.6 Å². The van der Waals surface area contributed by atoms with Gasteiger partial charge in [0.05, 0.1) is 6.61 Å². The first-order chi connectivity index (χ1) is 15.4. The topological polar surface area (TPSA) is 92.3 Å². The Hall–Kier alpha value is -3.33. The van der Waals surface area contributed by atoms with Crippen LogP contribution in [0.3, 0.4) is 0 Å². The summed E-state index contributed by atoms with van der Waals surface area (Å²) in [7, 11) is 0. The minimum absolute atomic E-state index is 0.275. The van der Waals surface area contributed by atoms with Crippen LogP contribution in [0.25, 0.3) is 5.69 Å². The summed E-state index contributed by atoms with van der Waals surface area (Å²) in [6.45, 7) is 9.92. The van der Waals surface area contributed by atoms with Crippen molar-refractivity contribution in [3.63, 3.8) is 0 Å². The fourth-order valence-electron chi connectivity index (χ4n) is 3.14. The maximum atomic E-state index is 11.5. The number of nitrogens with zero attached hydrogens (tertiary/aromatic N) is 4. The Balaban J connectivity index is 1.97. The van der Waals surface area contributed by atoms with E-state index in [0.29, 0.717) is 35.7 Å². The molecule has 0 amide bonds. The minimum atomic E-state index is -0.495. The smallest absolute Gasteiger partial charge is 0.220 e. The molecular weight excluding hydrogens is 428 g/mol. The number of ether oxygens (including phenoxy) is 2. The van der Waals surface area contributed by atoms with Crippen molar-refractivity contribution in [3.8, 4) is 17.2 Å². The molecule has 32 heavy (non-hydrogen) atoms. The first kappa shape index (κ1) is 23.3. The second-order valence-electron chi connectivity index (χ2n) is 7.06. The molecule has 1 atom stereocenters. The molecule has 0 saturated heterocycles. The van der Waals surface area contributed by atoms with Crippen LogP contribution in [0.5, 0.6) is 11.5 Å². The van der Waals surface area contributed by atoms with Crippen LogP contribution < -0.4 is 9.47 Å². The van der Waals surface area contributed by atoms with Gasteiger partial charge in [0.15, 0.2) is 16.7 Å². The van der Waals surface area contributed by atoms with Gasteiger partial charge >= 0.3 is 0 Å². The van der Waals surface area contributed by atoms with Crippen LogP contribution in [-0.4, -0.2) is 39.4 Å². The van der Waals surface area contributed by atoms with E-state index in [1.54, 1.807) is 18.2 Å². The molecule has 0 aliphatic carbocycles. The number of nitro groups is 1. The Morgan fingerprint density at radius 2 is 1.91 bits per heavy atom. The Labute approximate surface area is 191 Å². The van der Waals surface area contributed by atoms with Crippen LogP contribution >= 0.6 is 11.8 Å². The van der Waals surface area contributed by atoms with Crippen molar-refractivity contribution in [1.82, 2.24) is 14.8 Å². The molecule has 3 rings (SSSR count). The molecule has 0 radical (unpaired) electrons. The van der Waals surface area contributed by atoms with Gasteiger partial charge in [0.25, 0.3) is 0 Å². The van der Waals surface area contributed by atoms with Gasteiger partial charge < -0.3 is 9.47 Å². The van der Waals surface area contributed by atoms with E-state index in [9.17, 15) is 10.1 Å². The lowest BCUT2D eigenvalue weighted by Gasteiger charge is -2.17. The molecule has 0 fully saturated rings. The predicted molar refractivity (Wildman–Crippen MR) is 125 cm³/mol. The van der Waals surface area contributed by atoms with Gasteiger partial charge in [-0.05, 0) is 50.6 Å². The van der Waals surface area contributed by atoms with Crippen LogP contribution in [0.15, 0.2) is 60.3 Å². The van der Waals surface area contributed by atoms with E-state index in [1.165, 1.54) is 11.8 Å². The lowest BCUT2D eigenvalue weighted by molar-refractivity contribution is -0.479. The molecule has 9 heteroatoms. The first-order valence-electron chi connectivity index (χ1n) is 10.2. The van der Waals surface area contributed by atoms with Crippen molar-refractivity contribution in [2.24, 2.45) is 0 Å². The van der Waals surface area contributed by atoms with Crippen LogP contribution in [0.1, 0.15) is 29.1 Å². The number of rotatable bonds is 11. The average molecular weight is 455 g/mol. The quantitative estimate of drug-likeness (QED) is 0.175. The monoisotopic (exact) mass is 454 g/mol. The van der Waals surface area contributed by atoms with Crippen LogP contribution in [-0.2, 0) is 0 Å². The Bertz CT molecular complexity index is 1080. The molecule has 0 bridgehead atoms. The van der Waals surface area contributed by atoms with Crippen molar-refractivity contribution in [2.75, 3.05) is 19.8 Å². The Morgan fingerprint density at radius 1 is 1.16 bits per heavy atom. The highest BCUT2D eigenvalue weighted by atomic mass is 32.2. The van der Waals surface area contributed by atoms with Crippen LogP contribution in [0, 0.1) is 24.0 Å². The number of hydrogen-bond donors (Lipinski definition) is 0. The van der Waals surface area contributed by atoms with E-state index in [1.807, 2.05) is 55.7 Å². The Kier molecular flexibility index (Phi) is 7.88. The van der Waals surface area contributed by atoms with Crippen molar-refractivity contribution in [1.29, 1.82) is 0 Å². The summed E-state index contributed by atoms with van der Waals surface area (Å²) in [5.41, 5.74) is 2.79. The molecule has 2 aromatic carbocycles. The molecule has 168 valence electrons. The fraction of sp³-hybridized carbons (Fsp3) is 0.304. The lowest BCUT2D eigenvalue weighted by atomic mass is 10.1. The third-order valence-electron chi connectivity index (χ3n) is 4.65. The highest BCUT2D eigenvalue weighted by Gasteiger charge is 2.25. The number of aromatic nitrogens is 3. The second-order valence-corrected chi connectivity index (χ2v) is 8.23. The maximum Gasteiger partial charge on any atom is 0.220 e. The van der Waals surface area contributed by atoms with Crippen molar-refractivity contribution >= 4 is 11.8 Å². The van der Waals surface area contributed by atoms with Gasteiger partial charge in [0.1, 0.15) is 17.7 Å². The fourth-order valence-corrected chi connectivity index (χ4v) is 4.31. The third kappa shape index (κ3) is 5.67. The van der Waals surface area contributed by atoms with Gasteiger partial charge in [-0.15, -0.1) is 10.2 Å². The molecule has 0 unspecified atom stereocenters. The van der Waals surface area contributed by atoms with E-state index in [2.05, 4.69) is 16.8 Å². The van der Waals surface area contributed by atoms with Crippen LogP contribution in [0.4, 0.5) is 0 Å². The average Bonchev–Trinajstić information content (AvgIpc) is 3.13. The molecule has 0 spiro atoms. The molecular formula is C23H26N4O4S. The minimum Gasteiger partial charge on any atom is -0.490 e. The number of hydrogen-bond acceptors (Lipinski definition) is 7. The van der Waals surface area contributed by atoms with Gasteiger partial charge in [-0.25, -0.2) is 0 Å². The number of thioether (sulfide) groups is 1. The van der Waals surface area contributed by atoms with E-state index >= 15 is 0 Å². The second kappa shape index (κ2) is 10.8. The predicted octanol–water partition coefficient (Wildman–Crippen LogP) is 4.96. The molecule has 1 aromatic heterocycles. The molecule has 8 nitrogen and oxygen atoms in total. The van der Waals surface area contributed by atoms with Crippen molar-refractivity contribution in [3.05, 3.63) is 82.2 Å². The van der Waals surface area contributed by atoms with Gasteiger partial charge in [-0.2, -0.15) is 0 Å². The largest absolute Gasteiger partial charge is 0.490 e. The lowest BCUT2D eigenvalue weighted by Crippen LogP contribution is -2.11. The summed E-state index contributed by atoms with van der Waals surface area (Å²) in [6, 6.07) is 13.4. The zero-order valence-electron chi connectivity index (χ0n) is 18.4. The van der Waals surface area contributed by atoms with Crippen LogP contribution in [0.2, 0.25) is 0 Å². The van der Waals surface area contributed by atoms with E-state index in [-0.39, 0.29) is 11.5 Å². The molecule has 1 heterocycles. The maximum absolute atomic E-state index is 11.5. The summed E-state index contributed by atoms with van der Waals surface area (Å²) in [6.07, 6.45) is 1.65. The van der Waals surface area contributed by atoms with Crippen molar-refractivity contribution < 1.29 is 14.4 Å². The van der Waals surface area contributed by atoms with Gasteiger partial charge in [-0.1, -0.05) is 48.2 Å². The highest BCUT2D eigenvalue weighted by Crippen LogP contribution is 2.39. The molecule has 0 saturated carbocycles. The molecule has 0 aliphatic heterocycles. The number of benzene rings is 2. The third-order valence-corrected chi connectivity index (χ3v) is 5.83. The summed E-state index contributed by atoms with van der Waals surface area (Å²) < 4.78 is 13.3. The standard InChI is InChI=1S/C23H26N4O4S/c1-5-13-31-20-12-9-18(14-21(20)30-6-2)22(15-26(28)29)32-23-25-24-17(4)27(23)19-10-7-16(3)8-11-19/h5,7-12,14,22H,1,6,13,15H2,2-4H3/t22-/m1/s1. The molecule has 3 aromatic rings. The highest BCUT2D eigenvalue weighted by molar-refractivity contribution is 7.99. The zero-order chi connectivity index (χ0) is 23.1. The van der Waals surface area contributed by atoms with E-state index < -0.39 is 5.25 Å². The van der Waals surface area contributed by atoms with E-state index in [4.69, 9.17) is 9.47 Å². The summed E-state index contributed by atoms with van der Waals surface area (Å²) in [5.74, 6) is 1.82. The van der Waals surface area contributed by atoms with Crippen molar-refractivity contribution in [2.45, 2.75) is 31.2 Å². The SMILES string of the molecule is C=CCOc1ccc([C@@H](C[N+](=O)[O-])Sc2nnc(C)n2-c2ccc(C)cc2)cc1OCC. The summed E-state index contributed by atoms with van der Waals surface area (Å²) in [5, 5.41) is 20.1. The molecule has 0 aliphatic rings.